The molecule has 19 heavy (non-hydrogen) atoms. The third kappa shape index (κ3) is 4.58. The quantitative estimate of drug-likeness (QED) is 0.790. The van der Waals surface area contributed by atoms with Crippen LogP contribution in [0.1, 0.15) is 25.0 Å². The Labute approximate surface area is 114 Å². The van der Waals surface area contributed by atoms with E-state index < -0.39 is 10.0 Å². The second-order valence-electron chi connectivity index (χ2n) is 4.44. The molecule has 0 aliphatic rings. The SMILES string of the molecule is CCOCC(C)NS(=O)(=O)c1cc(CO)ccc1C. The molecule has 0 fully saturated rings. The van der Waals surface area contributed by atoms with Crippen molar-refractivity contribution in [3.05, 3.63) is 29.3 Å². The number of nitrogens with one attached hydrogen (secondary N) is 1. The van der Waals surface area contributed by atoms with E-state index in [1.54, 1.807) is 26.0 Å². The predicted octanol–water partition coefficient (Wildman–Crippen LogP) is 1.19. The van der Waals surface area contributed by atoms with E-state index in [1.165, 1.54) is 6.07 Å². The summed E-state index contributed by atoms with van der Waals surface area (Å²) < 4.78 is 32.2. The summed E-state index contributed by atoms with van der Waals surface area (Å²) in [6, 6.07) is 4.58. The molecule has 0 amide bonds. The number of aliphatic hydroxyl groups is 1. The Morgan fingerprint density at radius 3 is 2.68 bits per heavy atom. The average molecular weight is 287 g/mol. The molecule has 0 radical (unpaired) electrons. The van der Waals surface area contributed by atoms with Crippen LogP contribution in [-0.2, 0) is 21.4 Å². The van der Waals surface area contributed by atoms with Gasteiger partial charge in [0.15, 0.2) is 0 Å². The second-order valence-corrected chi connectivity index (χ2v) is 6.12. The van der Waals surface area contributed by atoms with Gasteiger partial charge in [-0.25, -0.2) is 13.1 Å². The van der Waals surface area contributed by atoms with E-state index in [-0.39, 0.29) is 17.5 Å². The minimum atomic E-state index is -3.59. The highest BCUT2D eigenvalue weighted by Crippen LogP contribution is 2.17. The first-order valence-electron chi connectivity index (χ1n) is 6.21. The van der Waals surface area contributed by atoms with Crippen molar-refractivity contribution in [3.8, 4) is 0 Å². The number of hydrogen-bond acceptors (Lipinski definition) is 4. The first-order valence-corrected chi connectivity index (χ1v) is 7.69. The summed E-state index contributed by atoms with van der Waals surface area (Å²) in [7, 11) is -3.59. The molecule has 6 heteroatoms. The van der Waals surface area contributed by atoms with E-state index in [0.717, 1.165) is 0 Å². The van der Waals surface area contributed by atoms with Gasteiger partial charge in [0.2, 0.25) is 10.0 Å². The maximum absolute atomic E-state index is 12.2. The molecule has 2 N–H and O–H groups in total. The Kier molecular flexibility index (Phi) is 5.93. The van der Waals surface area contributed by atoms with Crippen LogP contribution in [0, 0.1) is 6.92 Å². The number of rotatable bonds is 7. The summed E-state index contributed by atoms with van der Waals surface area (Å²) in [6.07, 6.45) is 0. The van der Waals surface area contributed by atoms with Gasteiger partial charge in [-0.15, -0.1) is 0 Å². The summed E-state index contributed by atoms with van der Waals surface area (Å²) in [5.41, 5.74) is 1.22. The van der Waals surface area contributed by atoms with Crippen LogP contribution in [0.4, 0.5) is 0 Å². The van der Waals surface area contributed by atoms with Gasteiger partial charge in [-0.05, 0) is 38.0 Å². The fraction of sp³-hybridized carbons (Fsp3) is 0.538. The van der Waals surface area contributed by atoms with Gasteiger partial charge in [-0.2, -0.15) is 0 Å². The van der Waals surface area contributed by atoms with Gasteiger partial charge in [0.05, 0.1) is 18.1 Å². The molecule has 0 aliphatic carbocycles. The van der Waals surface area contributed by atoms with E-state index in [4.69, 9.17) is 9.84 Å². The smallest absolute Gasteiger partial charge is 0.241 e. The maximum Gasteiger partial charge on any atom is 0.241 e. The van der Waals surface area contributed by atoms with Crippen LogP contribution in [0.2, 0.25) is 0 Å². The van der Waals surface area contributed by atoms with Crippen molar-refractivity contribution in [1.82, 2.24) is 4.72 Å². The molecule has 1 atom stereocenters. The molecular formula is C13H21NO4S. The molecule has 1 unspecified atom stereocenters. The lowest BCUT2D eigenvalue weighted by molar-refractivity contribution is 0.133. The monoisotopic (exact) mass is 287 g/mol. The standard InChI is InChI=1S/C13H21NO4S/c1-4-18-9-11(3)14-19(16,17)13-7-12(8-15)6-5-10(13)2/h5-7,11,14-15H,4,8-9H2,1-3H3. The molecule has 108 valence electrons. The zero-order valence-electron chi connectivity index (χ0n) is 11.5. The minimum absolute atomic E-state index is 0.183. The molecule has 1 rings (SSSR count). The summed E-state index contributed by atoms with van der Waals surface area (Å²) in [6.45, 7) is 6.02. The van der Waals surface area contributed by atoms with Crippen LogP contribution in [-0.4, -0.2) is 32.8 Å². The fourth-order valence-corrected chi connectivity index (χ4v) is 3.21. The molecule has 0 aliphatic heterocycles. The number of hydrogen-bond donors (Lipinski definition) is 2. The third-order valence-corrected chi connectivity index (χ3v) is 4.38. The van der Waals surface area contributed by atoms with Crippen molar-refractivity contribution in [1.29, 1.82) is 0 Å². The normalized spacial score (nSPS) is 13.5. The van der Waals surface area contributed by atoms with Crippen molar-refractivity contribution >= 4 is 10.0 Å². The van der Waals surface area contributed by atoms with E-state index in [0.29, 0.717) is 24.3 Å². The van der Waals surface area contributed by atoms with Crippen LogP contribution < -0.4 is 4.72 Å². The number of sulfonamides is 1. The lowest BCUT2D eigenvalue weighted by Crippen LogP contribution is -2.36. The molecule has 1 aromatic carbocycles. The van der Waals surface area contributed by atoms with E-state index >= 15 is 0 Å². The van der Waals surface area contributed by atoms with Gasteiger partial charge in [0, 0.05) is 12.6 Å². The molecule has 5 nitrogen and oxygen atoms in total. The third-order valence-electron chi connectivity index (χ3n) is 2.65. The van der Waals surface area contributed by atoms with Gasteiger partial charge in [0.25, 0.3) is 0 Å². The molecule has 0 bridgehead atoms. The molecular weight excluding hydrogens is 266 g/mol. The van der Waals surface area contributed by atoms with Crippen LogP contribution in [0.15, 0.2) is 23.1 Å². The molecule has 0 spiro atoms. The van der Waals surface area contributed by atoms with E-state index in [1.807, 2.05) is 6.92 Å². The maximum atomic E-state index is 12.2. The largest absolute Gasteiger partial charge is 0.392 e. The molecule has 0 saturated carbocycles. The fourth-order valence-electron chi connectivity index (χ4n) is 1.69. The second kappa shape index (κ2) is 7.00. The van der Waals surface area contributed by atoms with Crippen molar-refractivity contribution in [2.75, 3.05) is 13.2 Å². The topological polar surface area (TPSA) is 75.6 Å². The number of aliphatic hydroxyl groups excluding tert-OH is 1. The number of benzene rings is 1. The Hall–Kier alpha value is -0.950. The van der Waals surface area contributed by atoms with Gasteiger partial charge in [-0.1, -0.05) is 12.1 Å². The zero-order chi connectivity index (χ0) is 14.5. The van der Waals surface area contributed by atoms with Crippen molar-refractivity contribution < 1.29 is 18.3 Å². The molecule has 0 saturated heterocycles. The summed E-state index contributed by atoms with van der Waals surface area (Å²) >= 11 is 0. The number of ether oxygens (including phenoxy) is 1. The average Bonchev–Trinajstić information content (AvgIpc) is 2.36. The predicted molar refractivity (Wildman–Crippen MR) is 73.4 cm³/mol. The Morgan fingerprint density at radius 1 is 1.42 bits per heavy atom. The van der Waals surface area contributed by atoms with Gasteiger partial charge in [0.1, 0.15) is 0 Å². The van der Waals surface area contributed by atoms with Crippen LogP contribution in [0.3, 0.4) is 0 Å². The van der Waals surface area contributed by atoms with Crippen LogP contribution in [0.25, 0.3) is 0 Å². The summed E-state index contributed by atoms with van der Waals surface area (Å²) in [5.74, 6) is 0. The first kappa shape index (κ1) is 16.1. The summed E-state index contributed by atoms with van der Waals surface area (Å²) in [5, 5.41) is 9.08. The number of aryl methyl sites for hydroxylation is 1. The molecule has 1 aromatic rings. The molecule has 0 aromatic heterocycles. The van der Waals surface area contributed by atoms with Crippen molar-refractivity contribution in [2.24, 2.45) is 0 Å². The van der Waals surface area contributed by atoms with E-state index in [2.05, 4.69) is 4.72 Å². The van der Waals surface area contributed by atoms with Gasteiger partial charge < -0.3 is 9.84 Å². The lowest BCUT2D eigenvalue weighted by Gasteiger charge is -2.15. The highest BCUT2D eigenvalue weighted by molar-refractivity contribution is 7.89. The van der Waals surface area contributed by atoms with Crippen LogP contribution >= 0.6 is 0 Å². The van der Waals surface area contributed by atoms with E-state index in [9.17, 15) is 8.42 Å². The van der Waals surface area contributed by atoms with Gasteiger partial charge >= 0.3 is 0 Å². The Balaban J connectivity index is 2.93. The highest BCUT2D eigenvalue weighted by atomic mass is 32.2. The molecule has 0 heterocycles. The summed E-state index contributed by atoms with van der Waals surface area (Å²) in [4.78, 5) is 0.197. The lowest BCUT2D eigenvalue weighted by atomic mass is 10.2. The first-order chi connectivity index (χ1) is 8.90. The van der Waals surface area contributed by atoms with Crippen molar-refractivity contribution in [3.63, 3.8) is 0 Å². The van der Waals surface area contributed by atoms with Crippen molar-refractivity contribution in [2.45, 2.75) is 38.3 Å². The minimum Gasteiger partial charge on any atom is -0.392 e. The zero-order valence-corrected chi connectivity index (χ0v) is 12.3. The van der Waals surface area contributed by atoms with Gasteiger partial charge in [-0.3, -0.25) is 0 Å². The highest BCUT2D eigenvalue weighted by Gasteiger charge is 2.19. The Bertz CT molecular complexity index is 513. The Morgan fingerprint density at radius 2 is 2.11 bits per heavy atom. The van der Waals surface area contributed by atoms with Crippen LogP contribution in [0.5, 0.6) is 0 Å².